The van der Waals surface area contributed by atoms with Gasteiger partial charge in [0.25, 0.3) is 0 Å². The van der Waals surface area contributed by atoms with E-state index >= 15 is 0 Å². The van der Waals surface area contributed by atoms with Gasteiger partial charge in [-0.1, -0.05) is 32.9 Å². The third-order valence-corrected chi connectivity index (χ3v) is 3.07. The zero-order valence-electron chi connectivity index (χ0n) is 12.4. The summed E-state index contributed by atoms with van der Waals surface area (Å²) in [6, 6.07) is 13.2. The SMILES string of the molecule is Cc1cccc(/N=N/c2ccc(O)c(C(C)(C)C)c2)c1. The Hall–Kier alpha value is -2.16. The highest BCUT2D eigenvalue weighted by atomic mass is 16.3. The molecule has 0 spiro atoms. The van der Waals surface area contributed by atoms with Crippen LogP contribution in [0.15, 0.2) is 52.7 Å². The van der Waals surface area contributed by atoms with E-state index < -0.39 is 0 Å². The van der Waals surface area contributed by atoms with Crippen LogP contribution in [0, 0.1) is 6.92 Å². The topological polar surface area (TPSA) is 45.0 Å². The number of benzene rings is 2. The third-order valence-electron chi connectivity index (χ3n) is 3.07. The first-order valence-corrected chi connectivity index (χ1v) is 6.68. The largest absolute Gasteiger partial charge is 0.508 e. The van der Waals surface area contributed by atoms with Crippen molar-refractivity contribution in [1.29, 1.82) is 0 Å². The zero-order valence-corrected chi connectivity index (χ0v) is 12.4. The second kappa shape index (κ2) is 5.45. The average molecular weight is 268 g/mol. The maximum atomic E-state index is 9.92. The summed E-state index contributed by atoms with van der Waals surface area (Å²) >= 11 is 0. The van der Waals surface area contributed by atoms with Crippen LogP contribution in [0.4, 0.5) is 11.4 Å². The Morgan fingerprint density at radius 2 is 1.55 bits per heavy atom. The van der Waals surface area contributed by atoms with Crippen LogP contribution in [0.25, 0.3) is 0 Å². The monoisotopic (exact) mass is 268 g/mol. The lowest BCUT2D eigenvalue weighted by atomic mass is 9.86. The maximum Gasteiger partial charge on any atom is 0.119 e. The molecule has 0 aliphatic heterocycles. The molecule has 0 aromatic heterocycles. The van der Waals surface area contributed by atoms with E-state index in [4.69, 9.17) is 0 Å². The van der Waals surface area contributed by atoms with E-state index in [1.165, 1.54) is 0 Å². The molecule has 3 nitrogen and oxygen atoms in total. The summed E-state index contributed by atoms with van der Waals surface area (Å²) in [5.74, 6) is 0.298. The summed E-state index contributed by atoms with van der Waals surface area (Å²) in [6.07, 6.45) is 0. The first-order chi connectivity index (χ1) is 9.36. The fourth-order valence-corrected chi connectivity index (χ4v) is 1.99. The Morgan fingerprint density at radius 3 is 2.15 bits per heavy atom. The molecular weight excluding hydrogens is 248 g/mol. The molecule has 0 radical (unpaired) electrons. The van der Waals surface area contributed by atoms with Crippen molar-refractivity contribution in [2.75, 3.05) is 0 Å². The lowest BCUT2D eigenvalue weighted by Gasteiger charge is -2.20. The average Bonchev–Trinajstić information content (AvgIpc) is 2.36. The van der Waals surface area contributed by atoms with Crippen molar-refractivity contribution >= 4 is 11.4 Å². The highest BCUT2D eigenvalue weighted by molar-refractivity contribution is 5.50. The molecule has 20 heavy (non-hydrogen) atoms. The highest BCUT2D eigenvalue weighted by Crippen LogP contribution is 2.34. The quantitative estimate of drug-likeness (QED) is 0.727. The van der Waals surface area contributed by atoms with Crippen molar-refractivity contribution in [1.82, 2.24) is 0 Å². The van der Waals surface area contributed by atoms with Crippen molar-refractivity contribution in [2.24, 2.45) is 10.2 Å². The minimum absolute atomic E-state index is 0.126. The van der Waals surface area contributed by atoms with E-state index in [1.807, 2.05) is 37.3 Å². The van der Waals surface area contributed by atoms with Gasteiger partial charge in [0.1, 0.15) is 5.75 Å². The molecule has 2 rings (SSSR count). The van der Waals surface area contributed by atoms with Gasteiger partial charge in [0.15, 0.2) is 0 Å². The number of hydrogen-bond acceptors (Lipinski definition) is 3. The van der Waals surface area contributed by atoms with Gasteiger partial charge in [-0.25, -0.2) is 0 Å². The fraction of sp³-hybridized carbons (Fsp3) is 0.294. The van der Waals surface area contributed by atoms with Crippen LogP contribution in [0.1, 0.15) is 31.9 Å². The van der Waals surface area contributed by atoms with Gasteiger partial charge < -0.3 is 5.11 Å². The summed E-state index contributed by atoms with van der Waals surface area (Å²) < 4.78 is 0. The standard InChI is InChI=1S/C17H20N2O/c1-12-6-5-7-13(10-12)18-19-14-8-9-16(20)15(11-14)17(2,3)4/h5-11,20H,1-4H3/b19-18+. The number of aryl methyl sites for hydroxylation is 1. The lowest BCUT2D eigenvalue weighted by Crippen LogP contribution is -2.10. The van der Waals surface area contributed by atoms with Crippen LogP contribution < -0.4 is 0 Å². The zero-order chi connectivity index (χ0) is 14.8. The summed E-state index contributed by atoms with van der Waals surface area (Å²) in [7, 11) is 0. The minimum Gasteiger partial charge on any atom is -0.508 e. The van der Waals surface area contributed by atoms with Gasteiger partial charge in [0, 0.05) is 5.56 Å². The summed E-state index contributed by atoms with van der Waals surface area (Å²) in [5.41, 5.74) is 3.48. The molecule has 0 aliphatic carbocycles. The van der Waals surface area contributed by atoms with Crippen molar-refractivity contribution in [3.05, 3.63) is 53.6 Å². The number of rotatable bonds is 2. The normalized spacial score (nSPS) is 12.0. The van der Waals surface area contributed by atoms with E-state index in [2.05, 4.69) is 31.0 Å². The second-order valence-corrected chi connectivity index (χ2v) is 5.99. The molecule has 1 N–H and O–H groups in total. The van der Waals surface area contributed by atoms with Crippen LogP contribution in [0.5, 0.6) is 5.75 Å². The summed E-state index contributed by atoms with van der Waals surface area (Å²) in [4.78, 5) is 0. The Morgan fingerprint density at radius 1 is 0.900 bits per heavy atom. The molecule has 0 atom stereocenters. The molecule has 3 heteroatoms. The van der Waals surface area contributed by atoms with E-state index in [0.717, 1.165) is 22.5 Å². The first kappa shape index (κ1) is 14.3. The van der Waals surface area contributed by atoms with E-state index in [9.17, 15) is 5.11 Å². The predicted octanol–water partition coefficient (Wildman–Crippen LogP) is 5.41. The molecule has 104 valence electrons. The molecule has 0 fully saturated rings. The smallest absolute Gasteiger partial charge is 0.119 e. The molecular formula is C17H20N2O. The van der Waals surface area contributed by atoms with Crippen molar-refractivity contribution in [3.63, 3.8) is 0 Å². The minimum atomic E-state index is -0.126. The third kappa shape index (κ3) is 3.44. The summed E-state index contributed by atoms with van der Waals surface area (Å²) in [5, 5.41) is 18.4. The van der Waals surface area contributed by atoms with Crippen molar-refractivity contribution < 1.29 is 5.11 Å². The van der Waals surface area contributed by atoms with Crippen LogP contribution in [-0.4, -0.2) is 5.11 Å². The van der Waals surface area contributed by atoms with Gasteiger partial charge in [0.2, 0.25) is 0 Å². The molecule has 0 saturated heterocycles. The lowest BCUT2D eigenvalue weighted by molar-refractivity contribution is 0.447. The second-order valence-electron chi connectivity index (χ2n) is 5.99. The predicted molar refractivity (Wildman–Crippen MR) is 82.2 cm³/mol. The fourth-order valence-electron chi connectivity index (χ4n) is 1.99. The van der Waals surface area contributed by atoms with Crippen LogP contribution >= 0.6 is 0 Å². The van der Waals surface area contributed by atoms with Crippen molar-refractivity contribution in [3.8, 4) is 5.75 Å². The van der Waals surface area contributed by atoms with Gasteiger partial charge in [0.05, 0.1) is 11.4 Å². The number of phenols is 1. The molecule has 2 aromatic rings. The maximum absolute atomic E-state index is 9.92. The number of nitrogens with zero attached hydrogens (tertiary/aromatic N) is 2. The molecule has 0 aliphatic rings. The van der Waals surface area contributed by atoms with Gasteiger partial charge in [-0.05, 0) is 48.2 Å². The Balaban J connectivity index is 2.31. The highest BCUT2D eigenvalue weighted by Gasteiger charge is 2.18. The van der Waals surface area contributed by atoms with E-state index in [0.29, 0.717) is 5.75 Å². The number of aromatic hydroxyl groups is 1. The van der Waals surface area contributed by atoms with Gasteiger partial charge in [-0.3, -0.25) is 0 Å². The van der Waals surface area contributed by atoms with E-state index in [1.54, 1.807) is 12.1 Å². The van der Waals surface area contributed by atoms with Gasteiger partial charge in [-0.2, -0.15) is 10.2 Å². The number of azo groups is 1. The molecule has 0 amide bonds. The number of phenolic OH excluding ortho intramolecular Hbond substituents is 1. The Bertz CT molecular complexity index is 640. The summed E-state index contributed by atoms with van der Waals surface area (Å²) in [6.45, 7) is 8.20. The molecule has 0 bridgehead atoms. The molecule has 0 saturated carbocycles. The Labute approximate surface area is 120 Å². The number of hydrogen-bond donors (Lipinski definition) is 1. The molecule has 0 heterocycles. The van der Waals surface area contributed by atoms with Crippen LogP contribution in [-0.2, 0) is 5.41 Å². The van der Waals surface area contributed by atoms with Crippen LogP contribution in [0.3, 0.4) is 0 Å². The van der Waals surface area contributed by atoms with Crippen LogP contribution in [0.2, 0.25) is 0 Å². The molecule has 2 aromatic carbocycles. The van der Waals surface area contributed by atoms with Gasteiger partial charge >= 0.3 is 0 Å². The first-order valence-electron chi connectivity index (χ1n) is 6.68. The molecule has 0 unspecified atom stereocenters. The van der Waals surface area contributed by atoms with Crippen molar-refractivity contribution in [2.45, 2.75) is 33.1 Å². The Kier molecular flexibility index (Phi) is 3.89. The van der Waals surface area contributed by atoms with E-state index in [-0.39, 0.29) is 5.41 Å². The van der Waals surface area contributed by atoms with Gasteiger partial charge in [-0.15, -0.1) is 0 Å².